The van der Waals surface area contributed by atoms with E-state index in [9.17, 15) is 14.4 Å². The first-order valence-electron chi connectivity index (χ1n) is 6.69. The van der Waals surface area contributed by atoms with E-state index in [1.54, 1.807) is 18.2 Å². The van der Waals surface area contributed by atoms with E-state index in [4.69, 9.17) is 9.52 Å². The molecule has 1 aromatic heterocycles. The lowest BCUT2D eigenvalue weighted by molar-refractivity contribution is -0.141. The summed E-state index contributed by atoms with van der Waals surface area (Å²) in [5.74, 6) is -2.31. The van der Waals surface area contributed by atoms with Crippen molar-refractivity contribution in [2.75, 3.05) is 5.32 Å². The molecule has 21 heavy (non-hydrogen) atoms. The Bertz CT molecular complexity index is 760. The van der Waals surface area contributed by atoms with Crippen molar-refractivity contribution in [2.45, 2.75) is 19.3 Å². The molecule has 1 amide bonds. The lowest BCUT2D eigenvalue weighted by atomic mass is 10.0. The third kappa shape index (κ3) is 2.67. The molecule has 7 nitrogen and oxygen atoms in total. The van der Waals surface area contributed by atoms with Gasteiger partial charge in [0, 0.05) is 11.6 Å². The summed E-state index contributed by atoms with van der Waals surface area (Å²) in [7, 11) is 0. The molecule has 0 saturated heterocycles. The number of oxazole rings is 1. The number of carboxylic acids is 1. The summed E-state index contributed by atoms with van der Waals surface area (Å²) in [6.07, 6.45) is 1.47. The number of rotatable bonds is 3. The number of aromatic amines is 1. The van der Waals surface area contributed by atoms with E-state index in [0.717, 1.165) is 0 Å². The van der Waals surface area contributed by atoms with Crippen LogP contribution in [0.25, 0.3) is 11.1 Å². The van der Waals surface area contributed by atoms with E-state index in [0.29, 0.717) is 36.0 Å². The Balaban J connectivity index is 1.71. The van der Waals surface area contributed by atoms with Gasteiger partial charge in [-0.05, 0) is 37.5 Å². The fourth-order valence-electron chi connectivity index (χ4n) is 2.72. The standard InChI is InChI=1S/C14H14N2O5/c17-12(7-1-2-8(5-7)13(18)19)15-9-3-4-11-10(6-9)16-14(20)21-11/h3-4,6-8H,1-2,5H2,(H,15,17)(H,16,20)(H,18,19)/t7-,8+/m1/s1. The number of aliphatic carboxylic acids is 1. The van der Waals surface area contributed by atoms with Gasteiger partial charge >= 0.3 is 11.7 Å². The second-order valence-corrected chi connectivity index (χ2v) is 5.26. The second-order valence-electron chi connectivity index (χ2n) is 5.26. The van der Waals surface area contributed by atoms with E-state index < -0.39 is 17.6 Å². The van der Waals surface area contributed by atoms with E-state index in [2.05, 4.69) is 10.3 Å². The topological polar surface area (TPSA) is 112 Å². The molecular weight excluding hydrogens is 276 g/mol. The van der Waals surface area contributed by atoms with Crippen LogP contribution in [0.2, 0.25) is 0 Å². The minimum atomic E-state index is -0.845. The van der Waals surface area contributed by atoms with Crippen LogP contribution in [-0.2, 0) is 9.59 Å². The largest absolute Gasteiger partial charge is 0.481 e. The molecule has 2 aromatic rings. The molecule has 0 spiro atoms. The van der Waals surface area contributed by atoms with E-state index in [1.807, 2.05) is 0 Å². The van der Waals surface area contributed by atoms with Crippen molar-refractivity contribution < 1.29 is 19.1 Å². The molecule has 1 heterocycles. The van der Waals surface area contributed by atoms with Crippen LogP contribution in [-0.4, -0.2) is 22.0 Å². The number of H-pyrrole nitrogens is 1. The van der Waals surface area contributed by atoms with Crippen LogP contribution in [0.3, 0.4) is 0 Å². The number of amides is 1. The fraction of sp³-hybridized carbons (Fsp3) is 0.357. The van der Waals surface area contributed by atoms with Crippen LogP contribution in [0.15, 0.2) is 27.4 Å². The number of hydrogen-bond acceptors (Lipinski definition) is 4. The van der Waals surface area contributed by atoms with E-state index in [-0.39, 0.29) is 11.8 Å². The molecule has 1 fully saturated rings. The third-order valence-corrected chi connectivity index (χ3v) is 3.84. The van der Waals surface area contributed by atoms with Gasteiger partial charge in [0.25, 0.3) is 0 Å². The molecule has 0 unspecified atom stereocenters. The van der Waals surface area contributed by atoms with Gasteiger partial charge < -0.3 is 14.8 Å². The Labute approximate surface area is 119 Å². The van der Waals surface area contributed by atoms with Crippen molar-refractivity contribution in [1.82, 2.24) is 4.98 Å². The predicted octanol–water partition coefficient (Wildman–Crippen LogP) is 1.56. The van der Waals surface area contributed by atoms with Gasteiger partial charge in [0.15, 0.2) is 5.58 Å². The number of carbonyl (C=O) groups excluding carboxylic acids is 1. The number of anilines is 1. The second kappa shape index (κ2) is 5.08. The SMILES string of the molecule is O=C(O)[C@H]1CC[C@@H](C(=O)Nc2ccc3oc(=O)[nH]c3c2)C1. The van der Waals surface area contributed by atoms with Crippen molar-refractivity contribution >= 4 is 28.7 Å². The van der Waals surface area contributed by atoms with Crippen LogP contribution >= 0.6 is 0 Å². The van der Waals surface area contributed by atoms with Gasteiger partial charge in [-0.2, -0.15) is 0 Å². The third-order valence-electron chi connectivity index (χ3n) is 3.84. The Morgan fingerprint density at radius 1 is 1.29 bits per heavy atom. The maximum atomic E-state index is 12.1. The summed E-state index contributed by atoms with van der Waals surface area (Å²) in [4.78, 5) is 36.6. The number of carbonyl (C=O) groups is 2. The van der Waals surface area contributed by atoms with Crippen molar-refractivity contribution in [3.8, 4) is 0 Å². The summed E-state index contributed by atoms with van der Waals surface area (Å²) in [6.45, 7) is 0. The van der Waals surface area contributed by atoms with Crippen LogP contribution in [0.5, 0.6) is 0 Å². The van der Waals surface area contributed by atoms with Crippen molar-refractivity contribution in [3.63, 3.8) is 0 Å². The number of carboxylic acid groups (broad SMARTS) is 1. The van der Waals surface area contributed by atoms with Gasteiger partial charge in [-0.3, -0.25) is 14.6 Å². The van der Waals surface area contributed by atoms with Crippen molar-refractivity contribution in [3.05, 3.63) is 28.7 Å². The molecule has 1 saturated carbocycles. The maximum absolute atomic E-state index is 12.1. The summed E-state index contributed by atoms with van der Waals surface area (Å²) in [6, 6.07) is 4.85. The fourth-order valence-corrected chi connectivity index (χ4v) is 2.72. The molecular formula is C14H14N2O5. The Kier molecular flexibility index (Phi) is 3.25. The number of nitrogens with one attached hydrogen (secondary N) is 2. The predicted molar refractivity (Wildman–Crippen MR) is 73.9 cm³/mol. The van der Waals surface area contributed by atoms with E-state index >= 15 is 0 Å². The van der Waals surface area contributed by atoms with Crippen LogP contribution in [0.1, 0.15) is 19.3 Å². The highest BCUT2D eigenvalue weighted by Crippen LogP contribution is 2.32. The lowest BCUT2D eigenvalue weighted by Crippen LogP contribution is -2.21. The lowest BCUT2D eigenvalue weighted by Gasteiger charge is -2.10. The average molecular weight is 290 g/mol. The quantitative estimate of drug-likeness (QED) is 0.794. The highest BCUT2D eigenvalue weighted by atomic mass is 16.4. The van der Waals surface area contributed by atoms with Crippen LogP contribution in [0, 0.1) is 11.8 Å². The van der Waals surface area contributed by atoms with Gasteiger partial charge in [0.2, 0.25) is 5.91 Å². The van der Waals surface area contributed by atoms with E-state index in [1.165, 1.54) is 0 Å². The molecule has 0 radical (unpaired) electrons. The van der Waals surface area contributed by atoms with Crippen LogP contribution < -0.4 is 11.1 Å². The molecule has 0 aliphatic heterocycles. The minimum Gasteiger partial charge on any atom is -0.481 e. The first-order valence-corrected chi connectivity index (χ1v) is 6.69. The summed E-state index contributed by atoms with van der Waals surface area (Å²) >= 11 is 0. The molecule has 7 heteroatoms. The molecule has 1 aromatic carbocycles. The first-order chi connectivity index (χ1) is 10.0. The molecule has 1 aliphatic carbocycles. The Morgan fingerprint density at radius 3 is 2.76 bits per heavy atom. The highest BCUT2D eigenvalue weighted by molar-refractivity contribution is 5.94. The van der Waals surface area contributed by atoms with Gasteiger partial charge in [-0.15, -0.1) is 0 Å². The molecule has 110 valence electrons. The van der Waals surface area contributed by atoms with Gasteiger partial charge in [-0.25, -0.2) is 4.79 Å². The minimum absolute atomic E-state index is 0.191. The number of hydrogen-bond donors (Lipinski definition) is 3. The normalized spacial score (nSPS) is 21.5. The van der Waals surface area contributed by atoms with Gasteiger partial charge in [0.1, 0.15) is 0 Å². The number of fused-ring (bicyclic) bond motifs is 1. The van der Waals surface area contributed by atoms with Crippen molar-refractivity contribution in [2.24, 2.45) is 11.8 Å². The number of benzene rings is 1. The zero-order chi connectivity index (χ0) is 15.0. The van der Waals surface area contributed by atoms with Gasteiger partial charge in [-0.1, -0.05) is 0 Å². The summed E-state index contributed by atoms with van der Waals surface area (Å²) in [5, 5.41) is 11.7. The smallest absolute Gasteiger partial charge is 0.417 e. The molecule has 3 rings (SSSR count). The van der Waals surface area contributed by atoms with Crippen molar-refractivity contribution in [1.29, 1.82) is 0 Å². The maximum Gasteiger partial charge on any atom is 0.417 e. The Hall–Kier alpha value is -2.57. The van der Waals surface area contributed by atoms with Crippen LogP contribution in [0.4, 0.5) is 5.69 Å². The zero-order valence-electron chi connectivity index (χ0n) is 11.1. The zero-order valence-corrected chi connectivity index (χ0v) is 11.1. The molecule has 3 N–H and O–H groups in total. The van der Waals surface area contributed by atoms with Gasteiger partial charge in [0.05, 0.1) is 11.4 Å². The summed E-state index contributed by atoms with van der Waals surface area (Å²) in [5.41, 5.74) is 1.47. The molecule has 2 atom stereocenters. The molecule has 0 bridgehead atoms. The number of aromatic nitrogens is 1. The first kappa shape index (κ1) is 13.4. The summed E-state index contributed by atoms with van der Waals surface area (Å²) < 4.78 is 4.88. The highest BCUT2D eigenvalue weighted by Gasteiger charge is 2.33. The monoisotopic (exact) mass is 290 g/mol. The average Bonchev–Trinajstić information content (AvgIpc) is 3.03. The Morgan fingerprint density at radius 2 is 2.05 bits per heavy atom. The molecule has 1 aliphatic rings.